The molecule has 4 fully saturated rings. The van der Waals surface area contributed by atoms with Crippen molar-refractivity contribution < 1.29 is 4.74 Å². The van der Waals surface area contributed by atoms with Crippen LogP contribution in [0.4, 0.5) is 0 Å². The smallest absolute Gasteiger partial charge is 0.0691 e. The van der Waals surface area contributed by atoms with Crippen molar-refractivity contribution in [3.8, 4) is 6.07 Å². The SMILES string of the molecule is N#CCCOC12CC3CC(CC(C3)C1)C2. The van der Waals surface area contributed by atoms with Gasteiger partial charge in [-0.3, -0.25) is 0 Å². The first kappa shape index (κ1) is 9.66. The second-order valence-corrected chi connectivity index (χ2v) is 5.86. The number of rotatable bonds is 3. The Morgan fingerprint density at radius 2 is 1.60 bits per heavy atom. The molecule has 0 unspecified atom stereocenters. The van der Waals surface area contributed by atoms with Gasteiger partial charge in [0.15, 0.2) is 0 Å². The van der Waals surface area contributed by atoms with Crippen LogP contribution in [0.3, 0.4) is 0 Å². The van der Waals surface area contributed by atoms with Crippen molar-refractivity contribution >= 4 is 0 Å². The van der Waals surface area contributed by atoms with Crippen LogP contribution in [-0.4, -0.2) is 12.2 Å². The highest BCUT2D eigenvalue weighted by molar-refractivity contribution is 5.03. The van der Waals surface area contributed by atoms with Crippen LogP contribution in [0, 0.1) is 29.1 Å². The van der Waals surface area contributed by atoms with Crippen molar-refractivity contribution in [1.29, 1.82) is 5.26 Å². The average molecular weight is 205 g/mol. The molecule has 0 N–H and O–H groups in total. The van der Waals surface area contributed by atoms with Crippen molar-refractivity contribution in [3.63, 3.8) is 0 Å². The normalized spacial score (nSPS) is 46.7. The van der Waals surface area contributed by atoms with Gasteiger partial charge < -0.3 is 4.74 Å². The minimum Gasteiger partial charge on any atom is -0.374 e. The van der Waals surface area contributed by atoms with E-state index in [1.165, 1.54) is 38.5 Å². The van der Waals surface area contributed by atoms with Gasteiger partial charge in [0.2, 0.25) is 0 Å². The average Bonchev–Trinajstić information content (AvgIpc) is 2.15. The molecule has 0 aromatic heterocycles. The molecule has 0 heterocycles. The summed E-state index contributed by atoms with van der Waals surface area (Å²) < 4.78 is 6.06. The van der Waals surface area contributed by atoms with E-state index in [4.69, 9.17) is 10.00 Å². The molecular formula is C13H19NO. The van der Waals surface area contributed by atoms with Gasteiger partial charge in [0.1, 0.15) is 0 Å². The van der Waals surface area contributed by atoms with Crippen molar-refractivity contribution in [2.75, 3.05) is 6.61 Å². The number of hydrogen-bond donors (Lipinski definition) is 0. The van der Waals surface area contributed by atoms with E-state index < -0.39 is 0 Å². The zero-order valence-electron chi connectivity index (χ0n) is 9.24. The summed E-state index contributed by atoms with van der Waals surface area (Å²) in [7, 11) is 0. The van der Waals surface area contributed by atoms with Crippen LogP contribution in [0.15, 0.2) is 0 Å². The van der Waals surface area contributed by atoms with Gasteiger partial charge in [-0.25, -0.2) is 0 Å². The molecule has 4 aliphatic rings. The predicted molar refractivity (Wildman–Crippen MR) is 57.1 cm³/mol. The van der Waals surface area contributed by atoms with E-state index in [2.05, 4.69) is 6.07 Å². The van der Waals surface area contributed by atoms with E-state index in [-0.39, 0.29) is 5.60 Å². The second kappa shape index (κ2) is 3.49. The van der Waals surface area contributed by atoms with Crippen LogP contribution < -0.4 is 0 Å². The molecule has 0 atom stereocenters. The van der Waals surface area contributed by atoms with E-state index in [0.29, 0.717) is 13.0 Å². The minimum atomic E-state index is 0.200. The topological polar surface area (TPSA) is 33.0 Å². The maximum Gasteiger partial charge on any atom is 0.0691 e. The number of nitriles is 1. The van der Waals surface area contributed by atoms with Gasteiger partial charge >= 0.3 is 0 Å². The lowest BCUT2D eigenvalue weighted by molar-refractivity contribution is -0.161. The minimum absolute atomic E-state index is 0.200. The van der Waals surface area contributed by atoms with Crippen molar-refractivity contribution in [3.05, 3.63) is 0 Å². The molecule has 2 heteroatoms. The third-order valence-electron chi connectivity index (χ3n) is 4.60. The molecule has 82 valence electrons. The Bertz CT molecular complexity index is 256. The van der Waals surface area contributed by atoms with Crippen LogP contribution in [0.1, 0.15) is 44.9 Å². The van der Waals surface area contributed by atoms with Crippen molar-refractivity contribution in [2.45, 2.75) is 50.5 Å². The first-order chi connectivity index (χ1) is 7.30. The summed E-state index contributed by atoms with van der Waals surface area (Å²) in [6.07, 6.45) is 8.78. The summed E-state index contributed by atoms with van der Waals surface area (Å²) in [6, 6.07) is 2.18. The first-order valence-corrected chi connectivity index (χ1v) is 6.30. The highest BCUT2D eigenvalue weighted by atomic mass is 16.5. The quantitative estimate of drug-likeness (QED) is 0.664. The summed E-state index contributed by atoms with van der Waals surface area (Å²) in [5, 5.41) is 8.55. The molecule has 0 aromatic carbocycles. The van der Waals surface area contributed by atoms with Crippen LogP contribution in [0.25, 0.3) is 0 Å². The summed E-state index contributed by atoms with van der Waals surface area (Å²) in [5.41, 5.74) is 0.200. The number of hydrogen-bond acceptors (Lipinski definition) is 2. The van der Waals surface area contributed by atoms with E-state index in [9.17, 15) is 0 Å². The molecule has 4 bridgehead atoms. The van der Waals surface area contributed by atoms with Gasteiger partial charge in [0, 0.05) is 0 Å². The summed E-state index contributed by atoms with van der Waals surface area (Å²) in [6.45, 7) is 0.655. The van der Waals surface area contributed by atoms with E-state index in [1.807, 2.05) is 0 Å². The van der Waals surface area contributed by atoms with Crippen LogP contribution in [0.5, 0.6) is 0 Å². The highest BCUT2D eigenvalue weighted by Crippen LogP contribution is 2.57. The molecule has 4 saturated carbocycles. The van der Waals surface area contributed by atoms with Crippen molar-refractivity contribution in [2.24, 2.45) is 17.8 Å². The lowest BCUT2D eigenvalue weighted by Gasteiger charge is -2.56. The largest absolute Gasteiger partial charge is 0.374 e. The summed E-state index contributed by atoms with van der Waals surface area (Å²) in [4.78, 5) is 0. The fourth-order valence-corrected chi connectivity index (χ4v) is 4.52. The molecule has 0 aromatic rings. The second-order valence-electron chi connectivity index (χ2n) is 5.86. The van der Waals surface area contributed by atoms with Crippen LogP contribution in [-0.2, 0) is 4.74 Å². The monoisotopic (exact) mass is 205 g/mol. The van der Waals surface area contributed by atoms with Gasteiger partial charge in [-0.2, -0.15) is 5.26 Å². The predicted octanol–water partition coefficient (Wildman–Crippen LogP) is 2.89. The molecular weight excluding hydrogens is 186 g/mol. The van der Waals surface area contributed by atoms with Gasteiger partial charge in [0.25, 0.3) is 0 Å². The Morgan fingerprint density at radius 3 is 2.07 bits per heavy atom. The van der Waals surface area contributed by atoms with E-state index in [0.717, 1.165) is 17.8 Å². The fourth-order valence-electron chi connectivity index (χ4n) is 4.52. The molecule has 0 radical (unpaired) electrons. The molecule has 0 amide bonds. The number of ether oxygens (including phenoxy) is 1. The molecule has 0 saturated heterocycles. The standard InChI is InChI=1S/C13H19NO/c14-2-1-3-15-13-7-10-4-11(8-13)6-12(5-10)9-13/h10-12H,1,3-9H2. The molecule has 4 rings (SSSR count). The van der Waals surface area contributed by atoms with Gasteiger partial charge in [0.05, 0.1) is 24.7 Å². The van der Waals surface area contributed by atoms with Gasteiger partial charge in [-0.1, -0.05) is 0 Å². The fraction of sp³-hybridized carbons (Fsp3) is 0.923. The Hall–Kier alpha value is -0.550. The van der Waals surface area contributed by atoms with Gasteiger partial charge in [-0.05, 0) is 56.3 Å². The Balaban J connectivity index is 1.68. The lowest BCUT2D eigenvalue weighted by Crippen LogP contribution is -2.52. The van der Waals surface area contributed by atoms with Crippen LogP contribution >= 0.6 is 0 Å². The van der Waals surface area contributed by atoms with Crippen molar-refractivity contribution in [1.82, 2.24) is 0 Å². The first-order valence-electron chi connectivity index (χ1n) is 6.30. The third-order valence-corrected chi connectivity index (χ3v) is 4.60. The molecule has 4 aliphatic carbocycles. The summed E-state index contributed by atoms with van der Waals surface area (Å²) >= 11 is 0. The maximum absolute atomic E-state index is 8.55. The molecule has 0 spiro atoms. The maximum atomic E-state index is 8.55. The zero-order valence-corrected chi connectivity index (χ0v) is 9.24. The number of nitrogens with zero attached hydrogens (tertiary/aromatic N) is 1. The summed E-state index contributed by atoms with van der Waals surface area (Å²) in [5.74, 6) is 2.83. The molecule has 0 aliphatic heterocycles. The van der Waals surface area contributed by atoms with Gasteiger partial charge in [-0.15, -0.1) is 0 Å². The molecule has 2 nitrogen and oxygen atoms in total. The van der Waals surface area contributed by atoms with E-state index in [1.54, 1.807) is 0 Å². The Kier molecular flexibility index (Phi) is 2.25. The van der Waals surface area contributed by atoms with E-state index >= 15 is 0 Å². The lowest BCUT2D eigenvalue weighted by atomic mass is 9.54. The zero-order chi connectivity index (χ0) is 10.3. The Labute approximate surface area is 91.6 Å². The molecule has 15 heavy (non-hydrogen) atoms. The van der Waals surface area contributed by atoms with Crippen LogP contribution in [0.2, 0.25) is 0 Å². The third kappa shape index (κ3) is 1.67. The highest BCUT2D eigenvalue weighted by Gasteiger charge is 2.51. The Morgan fingerprint density at radius 1 is 1.07 bits per heavy atom.